The smallest absolute Gasteiger partial charge is 0.0765 e. The third kappa shape index (κ3) is 2.27. The van der Waals surface area contributed by atoms with Gasteiger partial charge in [-0.3, -0.25) is 4.98 Å². The molecule has 0 aliphatic carbocycles. The van der Waals surface area contributed by atoms with Crippen molar-refractivity contribution in [3.8, 4) is 0 Å². The molecule has 82 valence electrons. The van der Waals surface area contributed by atoms with Crippen molar-refractivity contribution in [1.29, 1.82) is 0 Å². The van der Waals surface area contributed by atoms with Crippen LogP contribution in [-0.2, 0) is 0 Å². The Morgan fingerprint density at radius 1 is 1.53 bits per heavy atom. The predicted molar refractivity (Wildman–Crippen MR) is 57.6 cm³/mol. The van der Waals surface area contributed by atoms with Gasteiger partial charge >= 0.3 is 0 Å². The molecule has 2 heterocycles. The van der Waals surface area contributed by atoms with Crippen molar-refractivity contribution >= 4 is 5.69 Å². The molecule has 0 aromatic carbocycles. The number of piperidine rings is 1. The third-order valence-electron chi connectivity index (χ3n) is 2.97. The van der Waals surface area contributed by atoms with E-state index in [1.165, 1.54) is 0 Å². The Morgan fingerprint density at radius 2 is 2.40 bits per heavy atom. The lowest BCUT2D eigenvalue weighted by atomic mass is 9.94. The quantitative estimate of drug-likeness (QED) is 0.732. The van der Waals surface area contributed by atoms with Crippen LogP contribution in [0.4, 0.5) is 5.69 Å². The van der Waals surface area contributed by atoms with Gasteiger partial charge < -0.3 is 15.1 Å². The van der Waals surface area contributed by atoms with Crippen LogP contribution in [0.5, 0.6) is 0 Å². The molecule has 2 N–H and O–H groups in total. The SMILES string of the molecule is OCC1CCN(c2cccnc2)CC1O. The summed E-state index contributed by atoms with van der Waals surface area (Å²) in [6.45, 7) is 1.52. The van der Waals surface area contributed by atoms with Crippen LogP contribution >= 0.6 is 0 Å². The summed E-state index contributed by atoms with van der Waals surface area (Å²) in [4.78, 5) is 6.15. The van der Waals surface area contributed by atoms with Gasteiger partial charge in [0.05, 0.1) is 18.0 Å². The summed E-state index contributed by atoms with van der Waals surface area (Å²) in [6, 6.07) is 3.87. The zero-order chi connectivity index (χ0) is 10.7. The molecule has 1 aromatic rings. The largest absolute Gasteiger partial charge is 0.396 e. The summed E-state index contributed by atoms with van der Waals surface area (Å²) < 4.78 is 0. The standard InChI is InChI=1S/C11H16N2O2/c14-8-9-3-5-13(7-11(9)15)10-2-1-4-12-6-10/h1-2,4,6,9,11,14-15H,3,5,7-8H2. The van der Waals surface area contributed by atoms with E-state index in [4.69, 9.17) is 5.11 Å². The maximum Gasteiger partial charge on any atom is 0.0765 e. The molecule has 4 nitrogen and oxygen atoms in total. The van der Waals surface area contributed by atoms with Gasteiger partial charge in [0, 0.05) is 31.8 Å². The minimum absolute atomic E-state index is 0.0259. The van der Waals surface area contributed by atoms with Crippen LogP contribution in [-0.4, -0.2) is 41.0 Å². The minimum Gasteiger partial charge on any atom is -0.396 e. The highest BCUT2D eigenvalue weighted by atomic mass is 16.3. The van der Waals surface area contributed by atoms with Crippen molar-refractivity contribution in [1.82, 2.24) is 4.98 Å². The van der Waals surface area contributed by atoms with Gasteiger partial charge in [0.2, 0.25) is 0 Å². The van der Waals surface area contributed by atoms with Crippen LogP contribution < -0.4 is 4.90 Å². The fraction of sp³-hybridized carbons (Fsp3) is 0.545. The highest BCUT2D eigenvalue weighted by molar-refractivity contribution is 5.44. The van der Waals surface area contributed by atoms with Crippen molar-refractivity contribution in [2.24, 2.45) is 5.92 Å². The summed E-state index contributed by atoms with van der Waals surface area (Å²) >= 11 is 0. The third-order valence-corrected chi connectivity index (χ3v) is 2.97. The van der Waals surface area contributed by atoms with Crippen molar-refractivity contribution < 1.29 is 10.2 Å². The summed E-state index contributed by atoms with van der Waals surface area (Å²) in [5.74, 6) is 0.0259. The monoisotopic (exact) mass is 208 g/mol. The molecule has 0 bridgehead atoms. The molecule has 1 saturated heterocycles. The van der Waals surface area contributed by atoms with Gasteiger partial charge in [-0.2, -0.15) is 0 Å². The second kappa shape index (κ2) is 4.59. The van der Waals surface area contributed by atoms with Gasteiger partial charge in [-0.15, -0.1) is 0 Å². The fourth-order valence-electron chi connectivity index (χ4n) is 1.97. The Bertz CT molecular complexity index is 305. The Balaban J connectivity index is 2.03. The molecule has 1 aromatic heterocycles. The lowest BCUT2D eigenvalue weighted by Crippen LogP contribution is -2.45. The van der Waals surface area contributed by atoms with E-state index in [0.717, 1.165) is 18.7 Å². The highest BCUT2D eigenvalue weighted by Gasteiger charge is 2.26. The molecule has 4 heteroatoms. The average Bonchev–Trinajstić information content (AvgIpc) is 2.30. The van der Waals surface area contributed by atoms with E-state index in [1.54, 1.807) is 12.4 Å². The van der Waals surface area contributed by atoms with Crippen LogP contribution in [0.25, 0.3) is 0 Å². The maximum absolute atomic E-state index is 9.78. The lowest BCUT2D eigenvalue weighted by molar-refractivity contribution is 0.0548. The number of aromatic nitrogens is 1. The number of aliphatic hydroxyl groups excluding tert-OH is 2. The molecule has 2 atom stereocenters. The number of nitrogens with zero attached hydrogens (tertiary/aromatic N) is 2. The Kier molecular flexibility index (Phi) is 3.18. The van der Waals surface area contributed by atoms with E-state index < -0.39 is 6.10 Å². The zero-order valence-corrected chi connectivity index (χ0v) is 8.58. The highest BCUT2D eigenvalue weighted by Crippen LogP contribution is 2.22. The number of hydrogen-bond donors (Lipinski definition) is 2. The van der Waals surface area contributed by atoms with Gasteiger partial charge in [-0.1, -0.05) is 0 Å². The van der Waals surface area contributed by atoms with Gasteiger partial charge in [0.1, 0.15) is 0 Å². The molecule has 0 saturated carbocycles. The summed E-state index contributed by atoms with van der Waals surface area (Å²) in [6.07, 6.45) is 3.92. The molecule has 0 radical (unpaired) electrons. The van der Waals surface area contributed by atoms with Gasteiger partial charge in [-0.05, 0) is 18.6 Å². The molecule has 0 amide bonds. The van der Waals surface area contributed by atoms with Crippen molar-refractivity contribution in [3.05, 3.63) is 24.5 Å². The molecule has 0 spiro atoms. The first-order valence-electron chi connectivity index (χ1n) is 5.25. The minimum atomic E-state index is -0.441. The van der Waals surface area contributed by atoms with E-state index in [-0.39, 0.29) is 12.5 Å². The van der Waals surface area contributed by atoms with Crippen LogP contribution in [0.15, 0.2) is 24.5 Å². The first-order chi connectivity index (χ1) is 7.31. The molecule has 2 rings (SSSR count). The fourth-order valence-corrected chi connectivity index (χ4v) is 1.97. The Labute approximate surface area is 89.2 Å². The van der Waals surface area contributed by atoms with Crippen LogP contribution in [0, 0.1) is 5.92 Å². The summed E-state index contributed by atoms with van der Waals surface area (Å²) in [5, 5.41) is 18.8. The first-order valence-corrected chi connectivity index (χ1v) is 5.25. The average molecular weight is 208 g/mol. The van der Waals surface area contributed by atoms with E-state index in [1.807, 2.05) is 12.1 Å². The van der Waals surface area contributed by atoms with Crippen LogP contribution in [0.3, 0.4) is 0 Å². The first kappa shape index (κ1) is 10.4. The molecule has 1 aliphatic heterocycles. The van der Waals surface area contributed by atoms with Crippen molar-refractivity contribution in [3.63, 3.8) is 0 Å². The van der Waals surface area contributed by atoms with Crippen LogP contribution in [0.1, 0.15) is 6.42 Å². The lowest BCUT2D eigenvalue weighted by Gasteiger charge is -2.36. The van der Waals surface area contributed by atoms with E-state index in [0.29, 0.717) is 6.54 Å². The van der Waals surface area contributed by atoms with E-state index in [2.05, 4.69) is 9.88 Å². The van der Waals surface area contributed by atoms with Crippen LogP contribution in [0.2, 0.25) is 0 Å². The number of hydrogen-bond acceptors (Lipinski definition) is 4. The topological polar surface area (TPSA) is 56.6 Å². The number of pyridine rings is 1. The predicted octanol–water partition coefficient (Wildman–Crippen LogP) is 0.261. The number of rotatable bonds is 2. The van der Waals surface area contributed by atoms with Crippen molar-refractivity contribution in [2.45, 2.75) is 12.5 Å². The maximum atomic E-state index is 9.78. The van der Waals surface area contributed by atoms with Crippen molar-refractivity contribution in [2.75, 3.05) is 24.6 Å². The summed E-state index contributed by atoms with van der Waals surface area (Å²) in [7, 11) is 0. The molecule has 15 heavy (non-hydrogen) atoms. The van der Waals surface area contributed by atoms with Gasteiger partial charge in [-0.25, -0.2) is 0 Å². The zero-order valence-electron chi connectivity index (χ0n) is 8.58. The van der Waals surface area contributed by atoms with E-state index in [9.17, 15) is 5.11 Å². The second-order valence-corrected chi connectivity index (χ2v) is 3.96. The molecular weight excluding hydrogens is 192 g/mol. The number of anilines is 1. The molecule has 1 fully saturated rings. The Morgan fingerprint density at radius 3 is 3.00 bits per heavy atom. The Hall–Kier alpha value is -1.13. The molecule has 1 aliphatic rings. The summed E-state index contributed by atoms with van der Waals surface area (Å²) in [5.41, 5.74) is 1.04. The normalized spacial score (nSPS) is 26.7. The van der Waals surface area contributed by atoms with E-state index >= 15 is 0 Å². The number of β-amino-alcohol motifs (C(OH)–C–C–N with tert-alkyl or cyclic N) is 1. The second-order valence-electron chi connectivity index (χ2n) is 3.96. The molecular formula is C11H16N2O2. The molecule has 2 unspecified atom stereocenters. The van der Waals surface area contributed by atoms with Gasteiger partial charge in [0.25, 0.3) is 0 Å². The van der Waals surface area contributed by atoms with Gasteiger partial charge in [0.15, 0.2) is 0 Å². The number of aliphatic hydroxyl groups is 2.